The molecular weight excluding hydrogens is 296 g/mol. The van der Waals surface area contributed by atoms with Crippen molar-refractivity contribution in [2.24, 2.45) is 0 Å². The van der Waals surface area contributed by atoms with E-state index in [1.165, 1.54) is 0 Å². The van der Waals surface area contributed by atoms with Gasteiger partial charge in [0, 0.05) is 34.0 Å². The molecule has 0 bridgehead atoms. The number of benzene rings is 1. The Morgan fingerprint density at radius 1 is 1.44 bits per heavy atom. The average molecular weight is 307 g/mol. The highest BCUT2D eigenvalue weighted by Gasteiger charge is 2.29. The number of H-pyrrole nitrogens is 1. The number of nitrogens with one attached hydrogen (secondary N) is 3. The Bertz CT molecular complexity index is 582. The van der Waals surface area contributed by atoms with E-state index >= 15 is 0 Å². The number of anilines is 1. The largest absolute Gasteiger partial charge is 0.324 e. The molecule has 92 valence electrons. The minimum atomic E-state index is -0.303. The molecule has 3 rings (SSSR count). The number of hydrogen-bond donors (Lipinski definition) is 3. The van der Waals surface area contributed by atoms with Crippen molar-refractivity contribution in [1.29, 1.82) is 0 Å². The summed E-state index contributed by atoms with van der Waals surface area (Å²) in [5, 5.41) is 12.7. The molecule has 1 atom stereocenters. The third kappa shape index (κ3) is 2.04. The smallest absolute Gasteiger partial charge is 0.246 e. The SMILES string of the molecule is O=C1Nc2cc(Br)ccc2C1NCc1cn[nH]c1. The van der Waals surface area contributed by atoms with Crippen LogP contribution in [0.3, 0.4) is 0 Å². The van der Waals surface area contributed by atoms with Gasteiger partial charge in [0.2, 0.25) is 5.91 Å². The summed E-state index contributed by atoms with van der Waals surface area (Å²) in [6, 6.07) is 5.49. The molecule has 18 heavy (non-hydrogen) atoms. The Balaban J connectivity index is 1.79. The number of aromatic amines is 1. The van der Waals surface area contributed by atoms with Gasteiger partial charge in [-0.05, 0) is 12.1 Å². The van der Waals surface area contributed by atoms with Gasteiger partial charge in [0.15, 0.2) is 0 Å². The molecule has 2 aromatic rings. The molecular formula is C12H11BrN4O. The first kappa shape index (κ1) is 11.4. The van der Waals surface area contributed by atoms with Gasteiger partial charge in [0.05, 0.1) is 6.20 Å². The molecule has 0 saturated carbocycles. The molecule has 1 aliphatic rings. The number of amides is 1. The minimum absolute atomic E-state index is 0.0217. The first-order chi connectivity index (χ1) is 8.74. The lowest BCUT2D eigenvalue weighted by Gasteiger charge is -2.10. The van der Waals surface area contributed by atoms with Gasteiger partial charge >= 0.3 is 0 Å². The van der Waals surface area contributed by atoms with E-state index in [0.717, 1.165) is 21.3 Å². The zero-order valence-corrected chi connectivity index (χ0v) is 11.0. The summed E-state index contributed by atoms with van der Waals surface area (Å²) in [5.74, 6) is -0.0217. The van der Waals surface area contributed by atoms with Gasteiger partial charge in [-0.15, -0.1) is 0 Å². The summed E-state index contributed by atoms with van der Waals surface area (Å²) in [6.07, 6.45) is 3.55. The predicted octanol–water partition coefficient (Wildman–Crippen LogP) is 1.96. The predicted molar refractivity (Wildman–Crippen MR) is 70.9 cm³/mol. The average Bonchev–Trinajstić information content (AvgIpc) is 2.93. The van der Waals surface area contributed by atoms with E-state index in [-0.39, 0.29) is 11.9 Å². The van der Waals surface area contributed by atoms with E-state index in [2.05, 4.69) is 36.8 Å². The van der Waals surface area contributed by atoms with Crippen LogP contribution in [0.15, 0.2) is 35.1 Å². The quantitative estimate of drug-likeness (QED) is 0.812. The van der Waals surface area contributed by atoms with Crippen LogP contribution in [0.2, 0.25) is 0 Å². The maximum absolute atomic E-state index is 11.9. The van der Waals surface area contributed by atoms with E-state index in [1.54, 1.807) is 6.20 Å². The van der Waals surface area contributed by atoms with Crippen molar-refractivity contribution in [1.82, 2.24) is 15.5 Å². The lowest BCUT2D eigenvalue weighted by atomic mass is 10.1. The summed E-state index contributed by atoms with van der Waals surface area (Å²) in [5.41, 5.74) is 2.86. The Morgan fingerprint density at radius 3 is 3.11 bits per heavy atom. The number of carbonyl (C=O) groups excluding carboxylic acids is 1. The number of nitrogens with zero attached hydrogens (tertiary/aromatic N) is 1. The number of fused-ring (bicyclic) bond motifs is 1. The molecule has 5 nitrogen and oxygen atoms in total. The van der Waals surface area contributed by atoms with E-state index in [0.29, 0.717) is 6.54 Å². The molecule has 0 spiro atoms. The molecule has 1 aromatic carbocycles. The third-order valence-corrected chi connectivity index (χ3v) is 3.40. The fourth-order valence-corrected chi connectivity index (χ4v) is 2.39. The van der Waals surface area contributed by atoms with Crippen molar-refractivity contribution in [3.05, 3.63) is 46.2 Å². The highest BCUT2D eigenvalue weighted by Crippen LogP contribution is 2.33. The van der Waals surface area contributed by atoms with Gasteiger partial charge in [-0.2, -0.15) is 5.10 Å². The van der Waals surface area contributed by atoms with Crippen molar-refractivity contribution in [2.75, 3.05) is 5.32 Å². The molecule has 0 saturated heterocycles. The standard InChI is InChI=1S/C12H11BrN4O/c13-8-1-2-9-10(3-8)17-12(18)11(9)14-4-7-5-15-16-6-7/h1-3,5-6,11,14H,4H2,(H,15,16)(H,17,18). The molecule has 6 heteroatoms. The molecule has 3 N–H and O–H groups in total. The number of rotatable bonds is 3. The summed E-state index contributed by atoms with van der Waals surface area (Å²) in [6.45, 7) is 0.601. The molecule has 0 radical (unpaired) electrons. The van der Waals surface area contributed by atoms with Crippen LogP contribution in [0.1, 0.15) is 17.2 Å². The minimum Gasteiger partial charge on any atom is -0.324 e. The van der Waals surface area contributed by atoms with Crippen LogP contribution < -0.4 is 10.6 Å². The molecule has 1 unspecified atom stereocenters. The molecule has 2 heterocycles. The number of aromatic nitrogens is 2. The summed E-state index contributed by atoms with van der Waals surface area (Å²) < 4.78 is 0.956. The Kier molecular flexibility index (Phi) is 2.89. The van der Waals surface area contributed by atoms with Crippen molar-refractivity contribution >= 4 is 27.5 Å². The van der Waals surface area contributed by atoms with Crippen LogP contribution in [0.25, 0.3) is 0 Å². The van der Waals surface area contributed by atoms with Gasteiger partial charge in [0.1, 0.15) is 6.04 Å². The van der Waals surface area contributed by atoms with E-state index in [9.17, 15) is 4.79 Å². The molecule has 0 fully saturated rings. The van der Waals surface area contributed by atoms with Gasteiger partial charge in [-0.1, -0.05) is 22.0 Å². The number of halogens is 1. The normalized spacial score (nSPS) is 17.6. The maximum Gasteiger partial charge on any atom is 0.246 e. The Labute approximate surface area is 112 Å². The van der Waals surface area contributed by atoms with E-state index < -0.39 is 0 Å². The molecule has 0 aliphatic carbocycles. The van der Waals surface area contributed by atoms with Crippen LogP contribution in [0, 0.1) is 0 Å². The monoisotopic (exact) mass is 306 g/mol. The van der Waals surface area contributed by atoms with Gasteiger partial charge < -0.3 is 5.32 Å². The van der Waals surface area contributed by atoms with Crippen LogP contribution in [-0.2, 0) is 11.3 Å². The first-order valence-electron chi connectivity index (χ1n) is 5.55. The second-order valence-corrected chi connectivity index (χ2v) is 5.06. The summed E-state index contributed by atoms with van der Waals surface area (Å²) in [7, 11) is 0. The van der Waals surface area contributed by atoms with E-state index in [1.807, 2.05) is 24.4 Å². The number of hydrogen-bond acceptors (Lipinski definition) is 3. The van der Waals surface area contributed by atoms with Crippen molar-refractivity contribution in [3.63, 3.8) is 0 Å². The lowest BCUT2D eigenvalue weighted by molar-refractivity contribution is -0.117. The fourth-order valence-electron chi connectivity index (χ4n) is 2.03. The second-order valence-electron chi connectivity index (χ2n) is 4.14. The van der Waals surface area contributed by atoms with Crippen LogP contribution >= 0.6 is 15.9 Å². The number of carbonyl (C=O) groups is 1. The van der Waals surface area contributed by atoms with Crippen molar-refractivity contribution in [2.45, 2.75) is 12.6 Å². The van der Waals surface area contributed by atoms with Crippen molar-refractivity contribution < 1.29 is 4.79 Å². The zero-order valence-electron chi connectivity index (χ0n) is 9.40. The van der Waals surface area contributed by atoms with Gasteiger partial charge in [-0.25, -0.2) is 0 Å². The summed E-state index contributed by atoms with van der Waals surface area (Å²) in [4.78, 5) is 11.9. The first-order valence-corrected chi connectivity index (χ1v) is 6.35. The third-order valence-electron chi connectivity index (χ3n) is 2.91. The van der Waals surface area contributed by atoms with Gasteiger partial charge in [-0.3, -0.25) is 15.2 Å². The highest BCUT2D eigenvalue weighted by atomic mass is 79.9. The topological polar surface area (TPSA) is 69.8 Å². The maximum atomic E-state index is 11.9. The zero-order chi connectivity index (χ0) is 12.5. The van der Waals surface area contributed by atoms with Crippen LogP contribution in [-0.4, -0.2) is 16.1 Å². The molecule has 1 aliphatic heterocycles. The van der Waals surface area contributed by atoms with Crippen molar-refractivity contribution in [3.8, 4) is 0 Å². The van der Waals surface area contributed by atoms with Crippen LogP contribution in [0.4, 0.5) is 5.69 Å². The fraction of sp³-hybridized carbons (Fsp3) is 0.167. The second kappa shape index (κ2) is 4.55. The molecule has 1 amide bonds. The highest BCUT2D eigenvalue weighted by molar-refractivity contribution is 9.10. The van der Waals surface area contributed by atoms with E-state index in [4.69, 9.17) is 0 Å². The Morgan fingerprint density at radius 2 is 2.33 bits per heavy atom. The molecule has 1 aromatic heterocycles. The van der Waals surface area contributed by atoms with Gasteiger partial charge in [0.25, 0.3) is 0 Å². The summed E-state index contributed by atoms with van der Waals surface area (Å²) >= 11 is 3.39. The van der Waals surface area contributed by atoms with Crippen LogP contribution in [0.5, 0.6) is 0 Å². The lowest BCUT2D eigenvalue weighted by Crippen LogP contribution is -2.26. The Hall–Kier alpha value is -1.66.